The number of hydrogen-bond acceptors (Lipinski definition) is 4. The molecule has 0 fully saturated rings. The van der Waals surface area contributed by atoms with Gasteiger partial charge in [-0.25, -0.2) is 0 Å². The average Bonchev–Trinajstić information content (AvgIpc) is 2.33. The van der Waals surface area contributed by atoms with Crippen LogP contribution in [0, 0.1) is 0 Å². The summed E-state index contributed by atoms with van der Waals surface area (Å²) < 4.78 is 20.9. The highest BCUT2D eigenvalue weighted by atomic mass is 31.2. The van der Waals surface area contributed by atoms with E-state index >= 15 is 0 Å². The summed E-state index contributed by atoms with van der Waals surface area (Å²) in [6.45, 7) is 4.76. The zero-order valence-electron chi connectivity index (χ0n) is 11.9. The quantitative estimate of drug-likeness (QED) is 0.377. The van der Waals surface area contributed by atoms with Gasteiger partial charge in [-0.2, -0.15) is 0 Å². The van der Waals surface area contributed by atoms with Gasteiger partial charge in [-0.1, -0.05) is 58.8 Å². The van der Waals surface area contributed by atoms with Crippen LogP contribution in [0.15, 0.2) is 0 Å². The molecule has 18 heavy (non-hydrogen) atoms. The minimum atomic E-state index is -4.05. The molecule has 4 nitrogen and oxygen atoms in total. The molecule has 0 aliphatic rings. The summed E-state index contributed by atoms with van der Waals surface area (Å²) in [5, 5.41) is 0. The van der Waals surface area contributed by atoms with E-state index in [9.17, 15) is 9.46 Å². The Balaban J connectivity index is 3.40. The third-order valence-electron chi connectivity index (χ3n) is 2.74. The van der Waals surface area contributed by atoms with E-state index in [0.29, 0.717) is 0 Å². The van der Waals surface area contributed by atoms with E-state index in [2.05, 4.69) is 13.8 Å². The van der Waals surface area contributed by atoms with Crippen LogP contribution in [0.4, 0.5) is 0 Å². The molecule has 1 unspecified atom stereocenters. The summed E-state index contributed by atoms with van der Waals surface area (Å²) in [6, 6.07) is 0. The van der Waals surface area contributed by atoms with E-state index in [-0.39, 0.29) is 13.2 Å². The summed E-state index contributed by atoms with van der Waals surface area (Å²) in [5.74, 6) is 0. The van der Waals surface area contributed by atoms with Crippen LogP contribution in [-0.2, 0) is 13.6 Å². The van der Waals surface area contributed by atoms with Crippen molar-refractivity contribution in [3.8, 4) is 0 Å². The van der Waals surface area contributed by atoms with Crippen molar-refractivity contribution < 1.29 is 18.5 Å². The van der Waals surface area contributed by atoms with Crippen LogP contribution >= 0.6 is 7.82 Å². The summed E-state index contributed by atoms with van der Waals surface area (Å²) in [7, 11) is -4.05. The fraction of sp³-hybridized carbons (Fsp3) is 1.00. The number of rotatable bonds is 13. The monoisotopic (exact) mass is 279 g/mol. The Morgan fingerprint density at radius 1 is 0.778 bits per heavy atom. The second-order valence-electron chi connectivity index (χ2n) is 4.59. The molecule has 0 aromatic rings. The molecule has 0 heterocycles. The molecule has 0 aliphatic carbocycles. The van der Waals surface area contributed by atoms with Crippen LogP contribution in [0.5, 0.6) is 0 Å². The molecule has 0 aromatic heterocycles. The van der Waals surface area contributed by atoms with E-state index in [1.807, 2.05) is 0 Å². The number of phosphoric ester groups is 1. The second-order valence-corrected chi connectivity index (χ2v) is 6.00. The van der Waals surface area contributed by atoms with Crippen molar-refractivity contribution in [1.82, 2.24) is 0 Å². The third kappa shape index (κ3) is 12.6. The lowest BCUT2D eigenvalue weighted by atomic mass is 10.2. The van der Waals surface area contributed by atoms with Gasteiger partial charge in [0.2, 0.25) is 0 Å². The molecule has 0 aromatic carbocycles. The van der Waals surface area contributed by atoms with Gasteiger partial charge in [0.25, 0.3) is 7.82 Å². The Morgan fingerprint density at radius 2 is 1.17 bits per heavy atom. The zero-order chi connectivity index (χ0) is 13.7. The molecule has 110 valence electrons. The van der Waals surface area contributed by atoms with E-state index in [4.69, 9.17) is 9.05 Å². The van der Waals surface area contributed by atoms with Gasteiger partial charge in [0.05, 0.1) is 13.2 Å². The van der Waals surface area contributed by atoms with Crippen molar-refractivity contribution in [1.29, 1.82) is 0 Å². The van der Waals surface area contributed by atoms with Gasteiger partial charge in [-0.05, 0) is 12.8 Å². The molecule has 5 heteroatoms. The zero-order valence-corrected chi connectivity index (χ0v) is 12.8. The van der Waals surface area contributed by atoms with Crippen molar-refractivity contribution in [3.63, 3.8) is 0 Å². The molecule has 0 rings (SSSR count). The highest BCUT2D eigenvalue weighted by Crippen LogP contribution is 2.38. The largest absolute Gasteiger partial charge is 0.756 e. The Morgan fingerprint density at radius 3 is 1.61 bits per heavy atom. The fourth-order valence-corrected chi connectivity index (χ4v) is 2.40. The van der Waals surface area contributed by atoms with Gasteiger partial charge in [-0.3, -0.25) is 4.57 Å². The Hall–Kier alpha value is 0.110. The molecular weight excluding hydrogens is 251 g/mol. The first kappa shape index (κ1) is 18.1. The van der Waals surface area contributed by atoms with Crippen molar-refractivity contribution in [2.75, 3.05) is 13.2 Å². The summed E-state index contributed by atoms with van der Waals surface area (Å²) in [6.07, 6.45) is 9.35. The van der Waals surface area contributed by atoms with Gasteiger partial charge in [-0.15, -0.1) is 0 Å². The number of hydrogen-bond donors (Lipinski definition) is 0. The summed E-state index contributed by atoms with van der Waals surface area (Å²) in [4.78, 5) is 11.3. The predicted octanol–water partition coefficient (Wildman–Crippen LogP) is 4.04. The molecular formula is C13H28O4P-. The highest BCUT2D eigenvalue weighted by molar-refractivity contribution is 7.45. The Kier molecular flexibility index (Phi) is 12.2. The first-order valence-corrected chi connectivity index (χ1v) is 8.68. The molecule has 0 amide bonds. The summed E-state index contributed by atoms with van der Waals surface area (Å²) in [5.41, 5.74) is 0. The molecule has 0 N–H and O–H groups in total. The van der Waals surface area contributed by atoms with Crippen LogP contribution in [-0.4, -0.2) is 13.2 Å². The van der Waals surface area contributed by atoms with Gasteiger partial charge >= 0.3 is 0 Å². The van der Waals surface area contributed by atoms with E-state index in [1.54, 1.807) is 0 Å². The van der Waals surface area contributed by atoms with Crippen molar-refractivity contribution in [2.24, 2.45) is 0 Å². The number of unbranched alkanes of at least 4 members (excludes halogenated alkanes) is 7. The van der Waals surface area contributed by atoms with Gasteiger partial charge in [0.1, 0.15) is 0 Å². The van der Waals surface area contributed by atoms with Gasteiger partial charge in [0.15, 0.2) is 0 Å². The molecule has 1 atom stereocenters. The molecule has 0 spiro atoms. The van der Waals surface area contributed by atoms with Crippen LogP contribution in [0.1, 0.15) is 71.6 Å². The molecule has 0 radical (unpaired) electrons. The van der Waals surface area contributed by atoms with Gasteiger partial charge < -0.3 is 13.9 Å². The average molecular weight is 279 g/mol. The van der Waals surface area contributed by atoms with Crippen LogP contribution in [0.25, 0.3) is 0 Å². The maximum Gasteiger partial charge on any atom is 0.267 e. The minimum Gasteiger partial charge on any atom is -0.756 e. The topological polar surface area (TPSA) is 58.6 Å². The third-order valence-corrected chi connectivity index (χ3v) is 3.74. The second kappa shape index (κ2) is 12.2. The highest BCUT2D eigenvalue weighted by Gasteiger charge is 2.08. The van der Waals surface area contributed by atoms with E-state index < -0.39 is 7.82 Å². The normalized spacial score (nSPS) is 14.6. The maximum atomic E-state index is 11.3. The van der Waals surface area contributed by atoms with E-state index in [1.165, 1.54) is 12.8 Å². The van der Waals surface area contributed by atoms with E-state index in [0.717, 1.165) is 44.9 Å². The SMILES string of the molecule is CCCCCCCOP(=O)([O-])OCCCCCC. The van der Waals surface area contributed by atoms with Gasteiger partial charge in [0, 0.05) is 0 Å². The van der Waals surface area contributed by atoms with Crippen LogP contribution in [0.3, 0.4) is 0 Å². The van der Waals surface area contributed by atoms with Crippen LogP contribution < -0.4 is 4.89 Å². The molecule has 0 saturated carbocycles. The van der Waals surface area contributed by atoms with Crippen LogP contribution in [0.2, 0.25) is 0 Å². The van der Waals surface area contributed by atoms with Crippen molar-refractivity contribution >= 4 is 7.82 Å². The Labute approximate surface area is 112 Å². The fourth-order valence-electron chi connectivity index (χ4n) is 1.62. The van der Waals surface area contributed by atoms with Crippen molar-refractivity contribution in [2.45, 2.75) is 71.6 Å². The number of phosphoric acid groups is 1. The standard InChI is InChI=1S/C13H29O4P/c1-3-5-7-9-11-13-17-18(14,15)16-12-10-8-6-4-2/h3-13H2,1-2H3,(H,14,15)/p-1. The lowest BCUT2D eigenvalue weighted by molar-refractivity contribution is -0.225. The molecule has 0 bridgehead atoms. The first-order chi connectivity index (χ1) is 8.62. The minimum absolute atomic E-state index is 0.247. The first-order valence-electron chi connectivity index (χ1n) is 7.22. The lowest BCUT2D eigenvalue weighted by Crippen LogP contribution is -2.10. The Bertz CT molecular complexity index is 221. The molecule has 0 aliphatic heterocycles. The summed E-state index contributed by atoms with van der Waals surface area (Å²) >= 11 is 0. The smallest absolute Gasteiger partial charge is 0.267 e. The van der Waals surface area contributed by atoms with Crippen molar-refractivity contribution in [3.05, 3.63) is 0 Å². The predicted molar refractivity (Wildman–Crippen MR) is 72.4 cm³/mol. The maximum absolute atomic E-state index is 11.3. The lowest BCUT2D eigenvalue weighted by Gasteiger charge is -2.22. The molecule has 0 saturated heterocycles.